The van der Waals surface area contributed by atoms with Gasteiger partial charge in [0, 0.05) is 31.7 Å². The molecule has 2 aromatic rings. The summed E-state index contributed by atoms with van der Waals surface area (Å²) in [5.41, 5.74) is 2.16. The van der Waals surface area contributed by atoms with Crippen LogP contribution in [0.5, 0.6) is 11.5 Å². The van der Waals surface area contributed by atoms with Crippen molar-refractivity contribution in [1.82, 2.24) is 9.80 Å². The van der Waals surface area contributed by atoms with Crippen LogP contribution in [0, 0.1) is 6.92 Å². The van der Waals surface area contributed by atoms with Crippen molar-refractivity contribution in [2.75, 3.05) is 46.0 Å². The van der Waals surface area contributed by atoms with Crippen molar-refractivity contribution in [2.45, 2.75) is 52.7 Å². The molecule has 2 saturated heterocycles. The number of amides is 1. The molecule has 0 bridgehead atoms. The number of aliphatic hydroxyl groups excluding tert-OH is 1. The zero-order valence-corrected chi connectivity index (χ0v) is 23.4. The van der Waals surface area contributed by atoms with Gasteiger partial charge in [0.2, 0.25) is 0 Å². The number of ketones is 1. The van der Waals surface area contributed by atoms with Gasteiger partial charge in [-0.2, -0.15) is 0 Å². The van der Waals surface area contributed by atoms with Crippen LogP contribution in [-0.2, 0) is 14.3 Å². The minimum absolute atomic E-state index is 0.00946. The van der Waals surface area contributed by atoms with E-state index in [1.165, 1.54) is 0 Å². The summed E-state index contributed by atoms with van der Waals surface area (Å²) in [6.45, 7) is 12.8. The molecule has 39 heavy (non-hydrogen) atoms. The summed E-state index contributed by atoms with van der Waals surface area (Å²) in [7, 11) is 0. The van der Waals surface area contributed by atoms with E-state index in [4.69, 9.17) is 14.2 Å². The van der Waals surface area contributed by atoms with E-state index in [-0.39, 0.29) is 17.4 Å². The van der Waals surface area contributed by atoms with Crippen LogP contribution in [0.25, 0.3) is 5.76 Å². The number of morpholine rings is 1. The first-order valence-electron chi connectivity index (χ1n) is 13.9. The molecule has 1 N–H and O–H groups in total. The van der Waals surface area contributed by atoms with Crippen LogP contribution in [0.4, 0.5) is 0 Å². The van der Waals surface area contributed by atoms with Gasteiger partial charge >= 0.3 is 0 Å². The van der Waals surface area contributed by atoms with Gasteiger partial charge in [0.25, 0.3) is 11.7 Å². The van der Waals surface area contributed by atoms with E-state index in [1.54, 1.807) is 23.1 Å². The highest BCUT2D eigenvalue weighted by molar-refractivity contribution is 6.46. The van der Waals surface area contributed by atoms with Crippen molar-refractivity contribution in [1.29, 1.82) is 0 Å². The molecule has 0 saturated carbocycles. The van der Waals surface area contributed by atoms with Crippen molar-refractivity contribution >= 4 is 17.4 Å². The molecule has 8 heteroatoms. The average molecular weight is 537 g/mol. The Kier molecular flexibility index (Phi) is 9.64. The Morgan fingerprint density at radius 1 is 1.08 bits per heavy atom. The number of nitrogens with zero attached hydrogens (tertiary/aromatic N) is 2. The number of ether oxygens (including phenoxy) is 3. The maximum Gasteiger partial charge on any atom is 0.295 e. The average Bonchev–Trinajstić information content (AvgIpc) is 3.18. The van der Waals surface area contributed by atoms with E-state index in [2.05, 4.69) is 4.90 Å². The van der Waals surface area contributed by atoms with Crippen LogP contribution < -0.4 is 9.47 Å². The van der Waals surface area contributed by atoms with E-state index in [0.29, 0.717) is 44.1 Å². The molecule has 2 aromatic carbocycles. The number of hydrogen-bond donors (Lipinski definition) is 1. The summed E-state index contributed by atoms with van der Waals surface area (Å²) in [4.78, 5) is 30.6. The van der Waals surface area contributed by atoms with Crippen molar-refractivity contribution in [3.8, 4) is 11.5 Å². The smallest absolute Gasteiger partial charge is 0.295 e. The van der Waals surface area contributed by atoms with Crippen LogP contribution in [0.3, 0.4) is 0 Å². The number of carbonyl (C=O) groups excluding carboxylic acids is 2. The summed E-state index contributed by atoms with van der Waals surface area (Å²) in [6.07, 6.45) is 1.61. The highest BCUT2D eigenvalue weighted by Crippen LogP contribution is 2.40. The topological polar surface area (TPSA) is 88.5 Å². The number of hydrogen-bond acceptors (Lipinski definition) is 7. The number of rotatable bonds is 11. The van der Waals surface area contributed by atoms with Crippen LogP contribution in [-0.4, -0.2) is 78.7 Å². The molecule has 2 aliphatic rings. The fourth-order valence-corrected chi connectivity index (χ4v) is 5.05. The molecule has 0 radical (unpaired) electrons. The highest BCUT2D eigenvalue weighted by atomic mass is 16.5. The van der Waals surface area contributed by atoms with Crippen molar-refractivity contribution in [3.05, 3.63) is 64.7 Å². The van der Waals surface area contributed by atoms with E-state index in [1.807, 2.05) is 52.0 Å². The van der Waals surface area contributed by atoms with Gasteiger partial charge in [0.05, 0.1) is 37.5 Å². The molecular formula is C31H40N2O6. The molecular weight excluding hydrogens is 496 g/mol. The molecule has 1 unspecified atom stereocenters. The number of aryl methyl sites for hydroxylation is 1. The van der Waals surface area contributed by atoms with Crippen LogP contribution in [0.1, 0.15) is 56.3 Å². The Bertz CT molecular complexity index is 1180. The first-order chi connectivity index (χ1) is 18.8. The number of benzene rings is 2. The van der Waals surface area contributed by atoms with Crippen LogP contribution in [0.2, 0.25) is 0 Å². The minimum Gasteiger partial charge on any atom is -0.507 e. The highest BCUT2D eigenvalue weighted by Gasteiger charge is 2.45. The van der Waals surface area contributed by atoms with Gasteiger partial charge in [0.15, 0.2) is 0 Å². The van der Waals surface area contributed by atoms with Gasteiger partial charge in [-0.3, -0.25) is 14.5 Å². The molecule has 210 valence electrons. The van der Waals surface area contributed by atoms with Crippen molar-refractivity contribution < 1.29 is 28.9 Å². The van der Waals surface area contributed by atoms with Gasteiger partial charge < -0.3 is 24.2 Å². The lowest BCUT2D eigenvalue weighted by Gasteiger charge is -2.29. The number of aliphatic hydroxyl groups is 1. The second-order valence-corrected chi connectivity index (χ2v) is 10.4. The summed E-state index contributed by atoms with van der Waals surface area (Å²) < 4.78 is 17.0. The predicted molar refractivity (Wildman–Crippen MR) is 150 cm³/mol. The molecule has 0 aromatic heterocycles. The number of carbonyl (C=O) groups is 2. The Hall–Kier alpha value is -3.36. The monoisotopic (exact) mass is 536 g/mol. The third-order valence-electron chi connectivity index (χ3n) is 7.00. The van der Waals surface area contributed by atoms with E-state index in [0.717, 1.165) is 42.9 Å². The molecule has 1 atom stereocenters. The molecule has 4 rings (SSSR count). The number of Topliss-reactive ketones (excluding diaryl/α,β-unsaturated/α-hetero) is 1. The quantitative estimate of drug-likeness (QED) is 0.253. The summed E-state index contributed by atoms with van der Waals surface area (Å²) in [5, 5.41) is 11.4. The Morgan fingerprint density at radius 2 is 1.79 bits per heavy atom. The van der Waals surface area contributed by atoms with E-state index < -0.39 is 17.7 Å². The molecule has 2 fully saturated rings. The summed E-state index contributed by atoms with van der Waals surface area (Å²) >= 11 is 0. The Balaban J connectivity index is 1.67. The van der Waals surface area contributed by atoms with E-state index >= 15 is 0 Å². The summed E-state index contributed by atoms with van der Waals surface area (Å²) in [6, 6.07) is 12.0. The summed E-state index contributed by atoms with van der Waals surface area (Å²) in [5.74, 6) is -0.00762. The SMILES string of the molecule is CCCOc1ccc(C2C(=C(O)c3ccc(OC(C)C)c(C)c3)C(=O)C(=O)N2CCCN2CCOCC2)cc1. The van der Waals surface area contributed by atoms with Crippen molar-refractivity contribution in [2.24, 2.45) is 0 Å². The van der Waals surface area contributed by atoms with Gasteiger partial charge in [-0.25, -0.2) is 0 Å². The normalized spacial score (nSPS) is 19.6. The zero-order valence-electron chi connectivity index (χ0n) is 23.4. The lowest BCUT2D eigenvalue weighted by Crippen LogP contribution is -2.38. The molecule has 0 spiro atoms. The van der Waals surface area contributed by atoms with Crippen LogP contribution in [0.15, 0.2) is 48.0 Å². The lowest BCUT2D eigenvalue weighted by molar-refractivity contribution is -0.140. The zero-order chi connectivity index (χ0) is 27.9. The maximum absolute atomic E-state index is 13.4. The van der Waals surface area contributed by atoms with E-state index in [9.17, 15) is 14.7 Å². The Labute approximate surface area is 231 Å². The lowest BCUT2D eigenvalue weighted by atomic mass is 9.94. The first kappa shape index (κ1) is 28.6. The largest absolute Gasteiger partial charge is 0.507 e. The van der Waals surface area contributed by atoms with Crippen molar-refractivity contribution in [3.63, 3.8) is 0 Å². The van der Waals surface area contributed by atoms with Gasteiger partial charge in [-0.15, -0.1) is 0 Å². The Morgan fingerprint density at radius 3 is 2.44 bits per heavy atom. The third kappa shape index (κ3) is 6.81. The molecule has 0 aliphatic carbocycles. The fraction of sp³-hybridized carbons (Fsp3) is 0.484. The first-order valence-corrected chi connectivity index (χ1v) is 13.9. The third-order valence-corrected chi connectivity index (χ3v) is 7.00. The molecule has 1 amide bonds. The minimum atomic E-state index is -0.693. The number of likely N-dealkylation sites (tertiary alicyclic amines) is 1. The predicted octanol–water partition coefficient (Wildman–Crippen LogP) is 4.72. The van der Waals surface area contributed by atoms with Gasteiger partial charge in [0.1, 0.15) is 17.3 Å². The second kappa shape index (κ2) is 13.1. The second-order valence-electron chi connectivity index (χ2n) is 10.4. The van der Waals surface area contributed by atoms with Gasteiger partial charge in [-0.1, -0.05) is 19.1 Å². The maximum atomic E-state index is 13.4. The molecule has 2 heterocycles. The van der Waals surface area contributed by atoms with Gasteiger partial charge in [-0.05, 0) is 75.1 Å². The molecule has 8 nitrogen and oxygen atoms in total. The standard InChI is InChI=1S/C31H40N2O6/c1-5-17-38-25-10-7-23(8-11-25)28-27(29(34)24-9-12-26(22(4)20-24)39-21(2)3)30(35)31(36)33(28)14-6-13-32-15-18-37-19-16-32/h7-12,20-21,28,34H,5-6,13-19H2,1-4H3. The molecule has 2 aliphatic heterocycles. The van der Waals surface area contributed by atoms with Crippen LogP contribution >= 0.6 is 0 Å². The fourth-order valence-electron chi connectivity index (χ4n) is 5.05.